The molecule has 1 fully saturated rings. The molecule has 0 spiro atoms. The Morgan fingerprint density at radius 1 is 1.28 bits per heavy atom. The van der Waals surface area contributed by atoms with Crippen molar-refractivity contribution >= 4 is 11.6 Å². The Labute approximate surface area is 145 Å². The van der Waals surface area contributed by atoms with Crippen LogP contribution in [0.5, 0.6) is 0 Å². The van der Waals surface area contributed by atoms with E-state index in [2.05, 4.69) is 25.3 Å². The molecule has 25 heavy (non-hydrogen) atoms. The number of carbonyl (C=O) groups excluding carboxylic acids is 1. The van der Waals surface area contributed by atoms with E-state index in [0.717, 1.165) is 26.2 Å². The van der Waals surface area contributed by atoms with Crippen LogP contribution >= 0.6 is 0 Å². The lowest BCUT2D eigenvalue weighted by Gasteiger charge is -2.33. The number of hydrogen-bond donors (Lipinski definition) is 1. The lowest BCUT2D eigenvalue weighted by molar-refractivity contribution is -0.116. The molecule has 1 aromatic heterocycles. The molecule has 0 bridgehead atoms. The predicted molar refractivity (Wildman–Crippen MR) is 90.4 cm³/mol. The molecule has 0 atom stereocenters. The molecule has 2 aromatic rings. The summed E-state index contributed by atoms with van der Waals surface area (Å²) in [4.78, 5) is 20.7. The van der Waals surface area contributed by atoms with Crippen LogP contribution in [0.1, 0.15) is 18.1 Å². The van der Waals surface area contributed by atoms with E-state index >= 15 is 0 Å². The summed E-state index contributed by atoms with van der Waals surface area (Å²) in [5.74, 6) is 0.832. The van der Waals surface area contributed by atoms with Crippen LogP contribution in [0.25, 0.3) is 0 Å². The van der Waals surface area contributed by atoms with E-state index in [9.17, 15) is 9.18 Å². The number of carbonyl (C=O) groups is 1. The Balaban J connectivity index is 1.36. The first kappa shape index (κ1) is 17.5. The first-order valence-corrected chi connectivity index (χ1v) is 8.38. The summed E-state index contributed by atoms with van der Waals surface area (Å²) >= 11 is 0. The monoisotopic (exact) mass is 347 g/mol. The molecule has 1 aromatic carbocycles. The second-order valence-electron chi connectivity index (χ2n) is 6.16. The lowest BCUT2D eigenvalue weighted by atomic mass is 10.2. The number of nitrogens with zero attached hydrogens (tertiary/aromatic N) is 4. The van der Waals surface area contributed by atoms with Gasteiger partial charge >= 0.3 is 0 Å². The van der Waals surface area contributed by atoms with E-state index in [0.29, 0.717) is 36.9 Å². The Morgan fingerprint density at radius 3 is 2.72 bits per heavy atom. The third-order valence-electron chi connectivity index (χ3n) is 4.16. The normalized spacial score (nSPS) is 16.1. The average molecular weight is 347 g/mol. The second kappa shape index (κ2) is 8.17. The number of nitrogens with one attached hydrogen (secondary N) is 1. The van der Waals surface area contributed by atoms with Crippen molar-refractivity contribution in [2.24, 2.45) is 0 Å². The summed E-state index contributed by atoms with van der Waals surface area (Å²) in [6.45, 7) is 6.73. The van der Waals surface area contributed by atoms with Crippen molar-refractivity contribution in [3.8, 4) is 0 Å². The number of amides is 1. The summed E-state index contributed by atoms with van der Waals surface area (Å²) in [6.07, 6.45) is 0.388. The summed E-state index contributed by atoms with van der Waals surface area (Å²) < 4.78 is 18.3. The molecule has 1 aliphatic rings. The first-order chi connectivity index (χ1) is 12.1. The fourth-order valence-electron chi connectivity index (χ4n) is 2.82. The highest BCUT2D eigenvalue weighted by Crippen LogP contribution is 2.10. The van der Waals surface area contributed by atoms with Crippen LogP contribution in [-0.2, 0) is 11.3 Å². The van der Waals surface area contributed by atoms with E-state index in [-0.39, 0.29) is 11.7 Å². The zero-order valence-electron chi connectivity index (χ0n) is 14.2. The minimum atomic E-state index is -0.356. The quantitative estimate of drug-likeness (QED) is 0.857. The molecule has 0 unspecified atom stereocenters. The Bertz CT molecular complexity index is 713. The van der Waals surface area contributed by atoms with Crippen LogP contribution in [0.4, 0.5) is 10.1 Å². The van der Waals surface area contributed by atoms with E-state index in [1.54, 1.807) is 19.1 Å². The van der Waals surface area contributed by atoms with Crippen molar-refractivity contribution in [2.75, 3.05) is 38.0 Å². The highest BCUT2D eigenvalue weighted by atomic mass is 19.1. The molecule has 134 valence electrons. The number of anilines is 1. The first-order valence-electron chi connectivity index (χ1n) is 8.38. The number of hydrogen-bond acceptors (Lipinski definition) is 6. The summed E-state index contributed by atoms with van der Waals surface area (Å²) in [7, 11) is 0. The molecular formula is C17H22FN5O2. The Morgan fingerprint density at radius 2 is 2.04 bits per heavy atom. The molecule has 0 radical (unpaired) electrons. The van der Waals surface area contributed by atoms with Crippen molar-refractivity contribution in [1.82, 2.24) is 19.9 Å². The number of rotatable bonds is 6. The topological polar surface area (TPSA) is 74.5 Å². The minimum absolute atomic E-state index is 0.102. The zero-order chi connectivity index (χ0) is 17.6. The Kier molecular flexibility index (Phi) is 5.72. The van der Waals surface area contributed by atoms with Gasteiger partial charge in [-0.1, -0.05) is 11.2 Å². The second-order valence-corrected chi connectivity index (χ2v) is 6.16. The van der Waals surface area contributed by atoms with E-state index in [4.69, 9.17) is 4.52 Å². The van der Waals surface area contributed by atoms with Gasteiger partial charge in [0.25, 0.3) is 0 Å². The standard InChI is InChI=1S/C17H22FN5O2/c1-13-19-17(25-21-13)12-23-9-7-22(8-10-23)6-5-16(24)20-15-4-2-3-14(18)11-15/h2-4,11H,5-10,12H2,1H3,(H,20,24). The largest absolute Gasteiger partial charge is 0.338 e. The maximum absolute atomic E-state index is 13.1. The van der Waals surface area contributed by atoms with Crippen molar-refractivity contribution < 1.29 is 13.7 Å². The van der Waals surface area contributed by atoms with Gasteiger partial charge in [0.05, 0.1) is 6.54 Å². The molecule has 0 saturated carbocycles. The van der Waals surface area contributed by atoms with Gasteiger partial charge in [0, 0.05) is 44.8 Å². The fourth-order valence-corrected chi connectivity index (χ4v) is 2.82. The van der Waals surface area contributed by atoms with Gasteiger partial charge in [-0.3, -0.25) is 9.69 Å². The lowest BCUT2D eigenvalue weighted by Crippen LogP contribution is -2.46. The zero-order valence-corrected chi connectivity index (χ0v) is 14.2. The van der Waals surface area contributed by atoms with Crippen LogP contribution < -0.4 is 5.32 Å². The maximum Gasteiger partial charge on any atom is 0.240 e. The number of aryl methyl sites for hydroxylation is 1. The highest BCUT2D eigenvalue weighted by Gasteiger charge is 2.19. The maximum atomic E-state index is 13.1. The highest BCUT2D eigenvalue weighted by molar-refractivity contribution is 5.90. The summed E-state index contributed by atoms with van der Waals surface area (Å²) in [5.41, 5.74) is 0.490. The molecule has 2 heterocycles. The molecule has 3 rings (SSSR count). The average Bonchev–Trinajstić information content (AvgIpc) is 2.99. The van der Waals surface area contributed by atoms with Gasteiger partial charge in [-0.25, -0.2) is 4.39 Å². The van der Waals surface area contributed by atoms with Crippen molar-refractivity contribution in [2.45, 2.75) is 19.9 Å². The number of piperazine rings is 1. The van der Waals surface area contributed by atoms with Crippen LogP contribution in [0.15, 0.2) is 28.8 Å². The van der Waals surface area contributed by atoms with Gasteiger partial charge in [-0.05, 0) is 25.1 Å². The third kappa shape index (κ3) is 5.33. The predicted octanol–water partition coefficient (Wildman–Crippen LogP) is 1.66. The van der Waals surface area contributed by atoms with Crippen LogP contribution in [0, 0.1) is 12.7 Å². The number of halogens is 1. The minimum Gasteiger partial charge on any atom is -0.338 e. The van der Waals surface area contributed by atoms with Crippen LogP contribution in [0.2, 0.25) is 0 Å². The van der Waals surface area contributed by atoms with Crippen molar-refractivity contribution in [3.63, 3.8) is 0 Å². The fraction of sp³-hybridized carbons (Fsp3) is 0.471. The van der Waals surface area contributed by atoms with E-state index < -0.39 is 0 Å². The molecule has 1 aliphatic heterocycles. The summed E-state index contributed by atoms with van der Waals surface area (Å²) in [6, 6.07) is 5.93. The van der Waals surface area contributed by atoms with E-state index in [1.807, 2.05) is 0 Å². The number of benzene rings is 1. The molecular weight excluding hydrogens is 325 g/mol. The smallest absolute Gasteiger partial charge is 0.240 e. The van der Waals surface area contributed by atoms with Gasteiger partial charge in [0.2, 0.25) is 11.8 Å². The summed E-state index contributed by atoms with van der Waals surface area (Å²) in [5, 5.41) is 6.52. The SMILES string of the molecule is Cc1noc(CN2CCN(CCC(=O)Nc3cccc(F)c3)CC2)n1. The Hall–Kier alpha value is -2.32. The van der Waals surface area contributed by atoms with Crippen molar-refractivity contribution in [1.29, 1.82) is 0 Å². The number of aromatic nitrogens is 2. The molecule has 1 amide bonds. The molecule has 1 N–H and O–H groups in total. The molecule has 0 aliphatic carbocycles. The van der Waals surface area contributed by atoms with Gasteiger partial charge in [0.1, 0.15) is 5.82 Å². The molecule has 1 saturated heterocycles. The van der Waals surface area contributed by atoms with Crippen LogP contribution in [-0.4, -0.2) is 58.6 Å². The van der Waals surface area contributed by atoms with E-state index in [1.165, 1.54) is 12.1 Å². The van der Waals surface area contributed by atoms with Gasteiger partial charge in [0.15, 0.2) is 5.82 Å². The molecule has 7 nitrogen and oxygen atoms in total. The van der Waals surface area contributed by atoms with Crippen molar-refractivity contribution in [3.05, 3.63) is 41.8 Å². The van der Waals surface area contributed by atoms with Gasteiger partial charge in [-0.2, -0.15) is 4.98 Å². The third-order valence-corrected chi connectivity index (χ3v) is 4.16. The molecule has 8 heteroatoms. The van der Waals surface area contributed by atoms with Crippen LogP contribution in [0.3, 0.4) is 0 Å². The van der Waals surface area contributed by atoms with Gasteiger partial charge < -0.3 is 14.7 Å². The van der Waals surface area contributed by atoms with Gasteiger partial charge in [-0.15, -0.1) is 0 Å².